The molecular formula is C27H35N3O3S. The van der Waals surface area contributed by atoms with E-state index < -0.39 is 10.0 Å². The number of likely N-dealkylation sites (N-methyl/N-ethyl adjacent to an activating group) is 1. The molecule has 0 radical (unpaired) electrons. The first-order valence-electron chi connectivity index (χ1n) is 11.5. The molecule has 0 aliphatic carbocycles. The van der Waals surface area contributed by atoms with Gasteiger partial charge in [-0.2, -0.15) is 0 Å². The number of rotatable bonds is 8. The van der Waals surface area contributed by atoms with Crippen LogP contribution in [-0.2, 0) is 33.8 Å². The van der Waals surface area contributed by atoms with Crippen molar-refractivity contribution in [3.05, 3.63) is 83.7 Å². The largest absolute Gasteiger partial charge is 0.353 e. The van der Waals surface area contributed by atoms with Crippen LogP contribution in [0.1, 0.15) is 44.5 Å². The topological polar surface area (TPSA) is 62.6 Å². The number of amides is 1. The van der Waals surface area contributed by atoms with Gasteiger partial charge in [-0.15, -0.1) is 0 Å². The summed E-state index contributed by atoms with van der Waals surface area (Å²) in [5.74, 6) is -0.251. The number of aromatic nitrogens is 1. The van der Waals surface area contributed by atoms with Gasteiger partial charge in [0.15, 0.2) is 0 Å². The van der Waals surface area contributed by atoms with E-state index in [2.05, 4.69) is 20.8 Å². The Labute approximate surface area is 203 Å². The number of carbonyl (C=O) groups excluding carboxylic acids is 1. The number of benzene rings is 2. The van der Waals surface area contributed by atoms with E-state index in [1.165, 1.54) is 4.31 Å². The van der Waals surface area contributed by atoms with Crippen LogP contribution in [0, 0.1) is 6.92 Å². The summed E-state index contributed by atoms with van der Waals surface area (Å²) < 4.78 is 30.7. The molecule has 182 valence electrons. The third kappa shape index (κ3) is 5.70. The second-order valence-corrected chi connectivity index (χ2v) is 11.5. The highest BCUT2D eigenvalue weighted by Gasteiger charge is 2.29. The third-order valence-electron chi connectivity index (χ3n) is 6.05. The fourth-order valence-electron chi connectivity index (χ4n) is 3.74. The Morgan fingerprint density at radius 3 is 2.09 bits per heavy atom. The second kappa shape index (κ2) is 10.1. The summed E-state index contributed by atoms with van der Waals surface area (Å²) in [6.45, 7) is 10.7. The molecule has 6 nitrogen and oxygen atoms in total. The van der Waals surface area contributed by atoms with Crippen LogP contribution >= 0.6 is 0 Å². The summed E-state index contributed by atoms with van der Waals surface area (Å²) in [4.78, 5) is 15.2. The third-order valence-corrected chi connectivity index (χ3v) is 7.84. The quantitative estimate of drug-likeness (QED) is 0.461. The molecule has 3 aromatic rings. The van der Waals surface area contributed by atoms with E-state index in [9.17, 15) is 13.2 Å². The van der Waals surface area contributed by atoms with Gasteiger partial charge in [-0.1, -0.05) is 50.6 Å². The van der Waals surface area contributed by atoms with Crippen LogP contribution in [0.5, 0.6) is 0 Å². The van der Waals surface area contributed by atoms with E-state index in [4.69, 9.17) is 0 Å². The molecule has 0 N–H and O–H groups in total. The van der Waals surface area contributed by atoms with Gasteiger partial charge in [-0.05, 0) is 61.2 Å². The van der Waals surface area contributed by atoms with E-state index in [1.54, 1.807) is 29.2 Å². The van der Waals surface area contributed by atoms with Gasteiger partial charge in [0.1, 0.15) is 6.54 Å². The molecule has 0 aliphatic rings. The predicted octanol–water partition coefficient (Wildman–Crippen LogP) is 4.88. The molecule has 0 saturated carbocycles. The summed E-state index contributed by atoms with van der Waals surface area (Å²) in [6, 6.07) is 18.0. The number of aryl methyl sites for hydroxylation is 2. The standard InChI is InChI=1S/C27H35N3O3S/c1-7-29(19-24-9-8-18-28(24)6)26(31)20-30(23-14-10-21(2)11-15-23)34(32,33)25-16-12-22(13-17-25)27(3,4)5/h8-18H,7,19-20H2,1-6H3. The number of carbonyl (C=O) groups is 1. The van der Waals surface area contributed by atoms with E-state index in [0.29, 0.717) is 18.8 Å². The van der Waals surface area contributed by atoms with Crippen LogP contribution in [-0.4, -0.2) is 36.9 Å². The maximum absolute atomic E-state index is 13.7. The summed E-state index contributed by atoms with van der Waals surface area (Å²) >= 11 is 0. The minimum atomic E-state index is -3.96. The van der Waals surface area contributed by atoms with Crippen LogP contribution in [0.25, 0.3) is 0 Å². The molecule has 0 aliphatic heterocycles. The lowest BCUT2D eigenvalue weighted by molar-refractivity contribution is -0.130. The van der Waals surface area contributed by atoms with Gasteiger partial charge in [0, 0.05) is 25.5 Å². The van der Waals surface area contributed by atoms with Crippen LogP contribution in [0.4, 0.5) is 5.69 Å². The molecule has 0 spiro atoms. The molecule has 0 unspecified atom stereocenters. The van der Waals surface area contributed by atoms with Crippen LogP contribution in [0.3, 0.4) is 0 Å². The molecule has 0 bridgehead atoms. The highest BCUT2D eigenvalue weighted by atomic mass is 32.2. The number of anilines is 1. The van der Waals surface area contributed by atoms with Crippen molar-refractivity contribution in [3.8, 4) is 0 Å². The molecule has 7 heteroatoms. The highest BCUT2D eigenvalue weighted by molar-refractivity contribution is 7.92. The summed E-state index contributed by atoms with van der Waals surface area (Å²) in [5.41, 5.74) is 3.42. The van der Waals surface area contributed by atoms with Gasteiger partial charge in [-0.3, -0.25) is 9.10 Å². The average Bonchev–Trinajstić information content (AvgIpc) is 3.20. The number of nitrogens with zero attached hydrogens (tertiary/aromatic N) is 3. The Hall–Kier alpha value is -3.06. The molecule has 0 atom stereocenters. The molecule has 1 amide bonds. The van der Waals surface area contributed by atoms with Crippen molar-refractivity contribution < 1.29 is 13.2 Å². The van der Waals surface area contributed by atoms with E-state index >= 15 is 0 Å². The smallest absolute Gasteiger partial charge is 0.264 e. The first-order chi connectivity index (χ1) is 15.9. The maximum Gasteiger partial charge on any atom is 0.264 e. The van der Waals surface area contributed by atoms with Crippen molar-refractivity contribution in [2.75, 3.05) is 17.4 Å². The van der Waals surface area contributed by atoms with Gasteiger partial charge in [0.05, 0.1) is 17.1 Å². The second-order valence-electron chi connectivity index (χ2n) is 9.64. The highest BCUT2D eigenvalue weighted by Crippen LogP contribution is 2.27. The Balaban J connectivity index is 1.95. The number of sulfonamides is 1. The van der Waals surface area contributed by atoms with Crippen molar-refractivity contribution in [1.82, 2.24) is 9.47 Å². The molecule has 0 fully saturated rings. The lowest BCUT2D eigenvalue weighted by atomic mass is 9.87. The first-order valence-corrected chi connectivity index (χ1v) is 13.0. The summed E-state index contributed by atoms with van der Waals surface area (Å²) in [7, 11) is -2.03. The Bertz CT molecular complexity index is 1220. The van der Waals surface area contributed by atoms with E-state index in [-0.39, 0.29) is 22.8 Å². The van der Waals surface area contributed by atoms with Crippen molar-refractivity contribution in [2.45, 2.75) is 51.5 Å². The summed E-state index contributed by atoms with van der Waals surface area (Å²) in [5, 5.41) is 0. The molecule has 1 aromatic heterocycles. The maximum atomic E-state index is 13.7. The number of hydrogen-bond donors (Lipinski definition) is 0. The fourth-order valence-corrected chi connectivity index (χ4v) is 5.15. The Kier molecular flexibility index (Phi) is 7.56. The minimum absolute atomic E-state index is 0.0898. The summed E-state index contributed by atoms with van der Waals surface area (Å²) in [6.07, 6.45) is 1.93. The molecule has 0 saturated heterocycles. The predicted molar refractivity (Wildman–Crippen MR) is 137 cm³/mol. The Morgan fingerprint density at radius 2 is 1.59 bits per heavy atom. The first kappa shape index (κ1) is 25.6. The van der Waals surface area contributed by atoms with Gasteiger partial charge in [-0.25, -0.2) is 8.42 Å². The zero-order chi connectivity index (χ0) is 25.1. The van der Waals surface area contributed by atoms with Crippen LogP contribution < -0.4 is 4.31 Å². The molecule has 2 aromatic carbocycles. The van der Waals surface area contributed by atoms with Crippen molar-refractivity contribution in [1.29, 1.82) is 0 Å². The minimum Gasteiger partial charge on any atom is -0.353 e. The Morgan fingerprint density at radius 1 is 0.971 bits per heavy atom. The molecule has 3 rings (SSSR count). The molecular weight excluding hydrogens is 446 g/mol. The van der Waals surface area contributed by atoms with E-state index in [0.717, 1.165) is 16.8 Å². The van der Waals surface area contributed by atoms with Gasteiger partial charge in [0.2, 0.25) is 5.91 Å². The van der Waals surface area contributed by atoms with Gasteiger partial charge in [0.25, 0.3) is 10.0 Å². The van der Waals surface area contributed by atoms with Crippen molar-refractivity contribution in [2.24, 2.45) is 7.05 Å². The van der Waals surface area contributed by atoms with E-state index in [1.807, 2.05) is 68.1 Å². The monoisotopic (exact) mass is 481 g/mol. The lowest BCUT2D eigenvalue weighted by Gasteiger charge is -2.28. The van der Waals surface area contributed by atoms with Gasteiger partial charge < -0.3 is 9.47 Å². The van der Waals surface area contributed by atoms with Crippen molar-refractivity contribution >= 4 is 21.6 Å². The van der Waals surface area contributed by atoms with Crippen LogP contribution in [0.2, 0.25) is 0 Å². The normalized spacial score (nSPS) is 11.9. The SMILES string of the molecule is CCN(Cc1cccn1C)C(=O)CN(c1ccc(C)cc1)S(=O)(=O)c1ccc(C(C)(C)C)cc1. The molecule has 34 heavy (non-hydrogen) atoms. The zero-order valence-electron chi connectivity index (χ0n) is 20.9. The van der Waals surface area contributed by atoms with Crippen molar-refractivity contribution in [3.63, 3.8) is 0 Å². The molecule has 1 heterocycles. The average molecular weight is 482 g/mol. The number of hydrogen-bond acceptors (Lipinski definition) is 3. The zero-order valence-corrected chi connectivity index (χ0v) is 21.8. The fraction of sp³-hybridized carbons (Fsp3) is 0.370. The lowest BCUT2D eigenvalue weighted by Crippen LogP contribution is -2.43. The van der Waals surface area contributed by atoms with Crippen LogP contribution in [0.15, 0.2) is 71.8 Å². The van der Waals surface area contributed by atoms with Gasteiger partial charge >= 0.3 is 0 Å².